The standard InChI is InChI=1S/C28H34N6O3/c1-2-13-33(16-5-12-30-37)28(36)24-17-23-11-10-22(18-25(23)31-26(19-24)32-29)20-6-8-21(9-7-20)27(35)34-14-3-4-15-34/h6-11,17-18,26,29,31H,2-5,12-16,19H2,1H3. The first-order valence-electron chi connectivity index (χ1n) is 13.0. The number of hydrogen-bond acceptors (Lipinski definition) is 7. The molecule has 37 heavy (non-hydrogen) atoms. The summed E-state index contributed by atoms with van der Waals surface area (Å²) in [5.41, 5.74) is 12.5. The van der Waals surface area contributed by atoms with Crippen LogP contribution >= 0.6 is 0 Å². The lowest BCUT2D eigenvalue weighted by Crippen LogP contribution is -2.35. The second-order valence-electron chi connectivity index (χ2n) is 9.54. The van der Waals surface area contributed by atoms with Gasteiger partial charge >= 0.3 is 0 Å². The predicted molar refractivity (Wildman–Crippen MR) is 144 cm³/mol. The van der Waals surface area contributed by atoms with E-state index in [9.17, 15) is 14.5 Å². The normalized spacial score (nSPS) is 16.7. The first-order valence-corrected chi connectivity index (χ1v) is 13.0. The highest BCUT2D eigenvalue weighted by Gasteiger charge is 2.25. The Hall–Kier alpha value is -3.88. The summed E-state index contributed by atoms with van der Waals surface area (Å²) in [6.07, 6.45) is 5.06. The van der Waals surface area contributed by atoms with Gasteiger partial charge in [0.15, 0.2) is 0 Å². The maximum atomic E-state index is 13.4. The third-order valence-electron chi connectivity index (χ3n) is 6.87. The van der Waals surface area contributed by atoms with Gasteiger partial charge in [0, 0.05) is 49.4 Å². The van der Waals surface area contributed by atoms with Crippen LogP contribution < -0.4 is 5.32 Å². The number of nitrogens with zero attached hydrogens (tertiary/aromatic N) is 4. The molecule has 1 saturated heterocycles. The molecular weight excluding hydrogens is 468 g/mol. The van der Waals surface area contributed by atoms with Crippen LogP contribution in [-0.2, 0) is 4.79 Å². The fourth-order valence-electron chi connectivity index (χ4n) is 4.92. The lowest BCUT2D eigenvalue weighted by Gasteiger charge is -2.23. The molecule has 1 unspecified atom stereocenters. The van der Waals surface area contributed by atoms with Gasteiger partial charge in [-0.05, 0) is 66.6 Å². The Morgan fingerprint density at radius 3 is 2.49 bits per heavy atom. The number of likely N-dealkylation sites (tertiary alicyclic amines) is 1. The van der Waals surface area contributed by atoms with Crippen LogP contribution in [0.3, 0.4) is 0 Å². The van der Waals surface area contributed by atoms with E-state index >= 15 is 0 Å². The van der Waals surface area contributed by atoms with Crippen molar-refractivity contribution in [3.8, 4) is 11.1 Å². The molecule has 9 heteroatoms. The van der Waals surface area contributed by atoms with Crippen LogP contribution in [-0.4, -0.2) is 60.5 Å². The molecule has 2 heterocycles. The highest BCUT2D eigenvalue weighted by atomic mass is 16.3. The number of hydrogen-bond donors (Lipinski definition) is 2. The van der Waals surface area contributed by atoms with Crippen LogP contribution in [0.1, 0.15) is 54.9 Å². The minimum Gasteiger partial charge on any atom is -0.362 e. The molecule has 2 aromatic rings. The predicted octanol–water partition coefficient (Wildman–Crippen LogP) is 5.54. The number of benzene rings is 2. The van der Waals surface area contributed by atoms with Crippen molar-refractivity contribution in [1.29, 1.82) is 5.53 Å². The quantitative estimate of drug-likeness (QED) is 0.252. The second kappa shape index (κ2) is 12.4. The van der Waals surface area contributed by atoms with E-state index in [4.69, 9.17) is 5.53 Å². The Morgan fingerprint density at radius 1 is 1.08 bits per heavy atom. The number of carbonyl (C=O) groups is 2. The van der Waals surface area contributed by atoms with Gasteiger partial charge in [-0.15, -0.1) is 0 Å². The summed E-state index contributed by atoms with van der Waals surface area (Å²) < 4.78 is 0. The van der Waals surface area contributed by atoms with Crippen molar-refractivity contribution in [3.63, 3.8) is 0 Å². The van der Waals surface area contributed by atoms with Gasteiger partial charge in [0.05, 0.1) is 6.54 Å². The molecule has 194 valence electrons. The molecule has 0 saturated carbocycles. The molecule has 2 N–H and O–H groups in total. The average molecular weight is 503 g/mol. The molecule has 1 fully saturated rings. The molecule has 0 aliphatic carbocycles. The Kier molecular flexibility index (Phi) is 8.77. The third-order valence-corrected chi connectivity index (χ3v) is 6.87. The van der Waals surface area contributed by atoms with Gasteiger partial charge in [-0.2, -0.15) is 10.0 Å². The van der Waals surface area contributed by atoms with Crippen LogP contribution in [0.2, 0.25) is 0 Å². The summed E-state index contributed by atoms with van der Waals surface area (Å²) in [5.74, 6) is -0.0206. The summed E-state index contributed by atoms with van der Waals surface area (Å²) >= 11 is 0. The van der Waals surface area contributed by atoms with Crippen LogP contribution in [0.5, 0.6) is 0 Å². The van der Waals surface area contributed by atoms with Crippen LogP contribution in [0, 0.1) is 10.4 Å². The highest BCUT2D eigenvalue weighted by molar-refractivity contribution is 5.99. The number of rotatable bonds is 10. The summed E-state index contributed by atoms with van der Waals surface area (Å²) in [5, 5.41) is 9.92. The lowest BCUT2D eigenvalue weighted by atomic mass is 10.00. The third kappa shape index (κ3) is 6.28. The zero-order valence-corrected chi connectivity index (χ0v) is 21.3. The molecule has 0 radical (unpaired) electrons. The monoisotopic (exact) mass is 502 g/mol. The minimum absolute atomic E-state index is 0.0782. The summed E-state index contributed by atoms with van der Waals surface area (Å²) in [7, 11) is 0. The Balaban J connectivity index is 1.57. The van der Waals surface area contributed by atoms with Gasteiger partial charge in [-0.3, -0.25) is 9.59 Å². The van der Waals surface area contributed by atoms with E-state index in [0.29, 0.717) is 37.1 Å². The summed E-state index contributed by atoms with van der Waals surface area (Å²) in [6, 6.07) is 13.6. The number of anilines is 1. The Morgan fingerprint density at radius 2 is 1.81 bits per heavy atom. The molecule has 2 amide bonds. The summed E-state index contributed by atoms with van der Waals surface area (Å²) in [4.78, 5) is 40.2. The van der Waals surface area contributed by atoms with Crippen molar-refractivity contribution < 1.29 is 9.59 Å². The molecule has 4 rings (SSSR count). The molecular formula is C28H34N6O3. The number of nitroso groups, excluding NO2 is 1. The maximum absolute atomic E-state index is 13.4. The SMILES string of the molecule is CCCN(CCCN=O)C(=O)C1=Cc2ccc(-c3ccc(C(=O)N4CCCC4)cc3)cc2NC(N=N)C1. The zero-order valence-electron chi connectivity index (χ0n) is 21.3. The van der Waals surface area contributed by atoms with Crippen molar-refractivity contribution in [2.24, 2.45) is 10.3 Å². The van der Waals surface area contributed by atoms with E-state index in [1.165, 1.54) is 0 Å². The van der Waals surface area contributed by atoms with Gasteiger partial charge in [0.2, 0.25) is 5.91 Å². The smallest absolute Gasteiger partial charge is 0.253 e. The molecule has 2 aromatic carbocycles. The van der Waals surface area contributed by atoms with Crippen LogP contribution in [0.15, 0.2) is 58.3 Å². The number of amides is 2. The highest BCUT2D eigenvalue weighted by Crippen LogP contribution is 2.32. The van der Waals surface area contributed by atoms with Crippen molar-refractivity contribution in [1.82, 2.24) is 9.80 Å². The molecule has 1 atom stereocenters. The fraction of sp³-hybridized carbons (Fsp3) is 0.429. The number of fused-ring (bicyclic) bond motifs is 1. The molecule has 9 nitrogen and oxygen atoms in total. The molecule has 2 aliphatic rings. The van der Waals surface area contributed by atoms with Crippen molar-refractivity contribution in [2.45, 2.75) is 45.2 Å². The van der Waals surface area contributed by atoms with E-state index in [1.807, 2.05) is 60.4 Å². The zero-order chi connectivity index (χ0) is 26.2. The molecule has 0 spiro atoms. The van der Waals surface area contributed by atoms with E-state index < -0.39 is 6.17 Å². The van der Waals surface area contributed by atoms with Crippen molar-refractivity contribution >= 4 is 23.6 Å². The van der Waals surface area contributed by atoms with Gasteiger partial charge in [-0.25, -0.2) is 5.53 Å². The minimum atomic E-state index is -0.563. The van der Waals surface area contributed by atoms with E-state index in [1.54, 1.807) is 4.90 Å². The largest absolute Gasteiger partial charge is 0.362 e. The van der Waals surface area contributed by atoms with Gasteiger partial charge in [0.25, 0.3) is 5.91 Å². The lowest BCUT2D eigenvalue weighted by molar-refractivity contribution is -0.127. The molecule has 0 aromatic heterocycles. The van der Waals surface area contributed by atoms with Crippen molar-refractivity contribution in [2.75, 3.05) is 38.0 Å². The van der Waals surface area contributed by atoms with Crippen molar-refractivity contribution in [3.05, 3.63) is 64.1 Å². The van der Waals surface area contributed by atoms with Gasteiger partial charge < -0.3 is 15.1 Å². The van der Waals surface area contributed by atoms with Gasteiger partial charge in [-0.1, -0.05) is 36.4 Å². The number of nitrogens with one attached hydrogen (secondary N) is 2. The van der Waals surface area contributed by atoms with E-state index in [0.717, 1.165) is 54.7 Å². The first-order chi connectivity index (χ1) is 18.0. The Labute approximate surface area is 217 Å². The summed E-state index contributed by atoms with van der Waals surface area (Å²) in [6.45, 7) is 4.89. The van der Waals surface area contributed by atoms with E-state index in [-0.39, 0.29) is 18.4 Å². The number of carbonyl (C=O) groups excluding carboxylic acids is 2. The maximum Gasteiger partial charge on any atom is 0.253 e. The fourth-order valence-corrected chi connectivity index (χ4v) is 4.92. The molecule has 0 bridgehead atoms. The van der Waals surface area contributed by atoms with Gasteiger partial charge in [0.1, 0.15) is 6.17 Å². The topological polar surface area (TPSA) is 118 Å². The molecule has 2 aliphatic heterocycles. The average Bonchev–Trinajstić information content (AvgIpc) is 3.40. The first kappa shape index (κ1) is 26.2. The Bertz CT molecular complexity index is 1170. The van der Waals surface area contributed by atoms with Crippen LogP contribution in [0.4, 0.5) is 5.69 Å². The van der Waals surface area contributed by atoms with Crippen LogP contribution in [0.25, 0.3) is 17.2 Å². The van der Waals surface area contributed by atoms with E-state index in [2.05, 4.69) is 15.6 Å². The second-order valence-corrected chi connectivity index (χ2v) is 9.54.